The van der Waals surface area contributed by atoms with Gasteiger partial charge in [-0.3, -0.25) is 4.74 Å². The Hall–Kier alpha value is -0.380. The molecule has 0 aromatic rings. The number of aliphatic carboxylic acids is 1. The number of hydrogen-bond donors (Lipinski definition) is 1. The van der Waals surface area contributed by atoms with Gasteiger partial charge in [-0.25, -0.2) is 9.53 Å². The molecule has 0 aliphatic rings. The Bertz CT molecular complexity index is 404. The molecule has 0 bridgehead atoms. The van der Waals surface area contributed by atoms with Crippen LogP contribution in [0.3, 0.4) is 0 Å². The van der Waals surface area contributed by atoms with E-state index in [1.165, 1.54) is 4.74 Å². The third kappa shape index (κ3) is 5.36. The van der Waals surface area contributed by atoms with Gasteiger partial charge in [0.1, 0.15) is 0 Å². The zero-order chi connectivity index (χ0) is 17.5. The predicted octanol–water partition coefficient (Wildman–Crippen LogP) is 2.66. The van der Waals surface area contributed by atoms with Crippen LogP contribution in [0.1, 0.15) is 0 Å². The van der Waals surface area contributed by atoms with Crippen molar-refractivity contribution in [2.75, 3.05) is 0 Å². The normalized spacial score (nSPS) is 16.7. The van der Waals surface area contributed by atoms with Crippen molar-refractivity contribution in [3.63, 3.8) is 0 Å². The Balaban J connectivity index is 0. The minimum atomic E-state index is -6.93. The third-order valence-electron chi connectivity index (χ3n) is 1.49. The number of halogens is 11. The summed E-state index contributed by atoms with van der Waals surface area (Å²) in [7, 11) is 0. The Morgan fingerprint density at radius 2 is 1.05 bits per heavy atom. The van der Waals surface area contributed by atoms with Gasteiger partial charge in [0.15, 0.2) is 0 Å². The minimum absolute atomic E-state index is 0. The van der Waals surface area contributed by atoms with Gasteiger partial charge in [-0.2, -0.15) is 35.1 Å². The molecule has 0 rings (SSSR count). The number of carboxylic acids is 1. The Labute approximate surface area is 134 Å². The molecule has 0 aliphatic heterocycles. The molecule has 4 nitrogen and oxygen atoms in total. The van der Waals surface area contributed by atoms with Crippen LogP contribution in [0.2, 0.25) is 0 Å². The summed E-state index contributed by atoms with van der Waals surface area (Å²) < 4.78 is 136. The first-order valence-corrected chi connectivity index (χ1v) is 4.07. The zero-order valence-electron chi connectivity index (χ0n) is 9.83. The van der Waals surface area contributed by atoms with Gasteiger partial charge in [-0.1, -0.05) is 0 Å². The summed E-state index contributed by atoms with van der Waals surface area (Å²) in [6.45, 7) is 0. The van der Waals surface area contributed by atoms with E-state index in [0.29, 0.717) is 0 Å². The second-order valence-electron chi connectivity index (χ2n) is 3.08. The fourth-order valence-electron chi connectivity index (χ4n) is 0.664. The van der Waals surface area contributed by atoms with Gasteiger partial charge in [-0.15, -0.1) is 13.2 Å². The molecule has 0 saturated heterocycles. The molecule has 0 aromatic carbocycles. The maximum absolute atomic E-state index is 12.8. The van der Waals surface area contributed by atoms with E-state index < -0.39 is 36.6 Å². The number of rotatable bonds is 5. The van der Waals surface area contributed by atoms with Crippen LogP contribution in [0.25, 0.3) is 0 Å². The van der Waals surface area contributed by atoms with Crippen LogP contribution in [-0.4, -0.2) is 71.2 Å². The van der Waals surface area contributed by atoms with Crippen molar-refractivity contribution in [1.82, 2.24) is 0 Å². The van der Waals surface area contributed by atoms with Crippen LogP contribution in [0.5, 0.6) is 0 Å². The summed E-state index contributed by atoms with van der Waals surface area (Å²) in [5.74, 6) is -10.3. The molecule has 0 amide bonds. The van der Waals surface area contributed by atoms with Crippen molar-refractivity contribution in [3.05, 3.63) is 0 Å². The Morgan fingerprint density at radius 3 is 1.27 bits per heavy atom. The molecule has 1 atom stereocenters. The zero-order valence-corrected chi connectivity index (χ0v) is 11.8. The number of alkyl halides is 11. The second kappa shape index (κ2) is 6.62. The summed E-state index contributed by atoms with van der Waals surface area (Å²) in [5.41, 5.74) is 0. The van der Waals surface area contributed by atoms with Gasteiger partial charge in [0.2, 0.25) is 0 Å². The molecule has 0 saturated carbocycles. The Morgan fingerprint density at radius 1 is 0.727 bits per heavy atom. The topological polar surface area (TPSA) is 55.8 Å². The van der Waals surface area contributed by atoms with Crippen molar-refractivity contribution < 1.29 is 67.7 Å². The van der Waals surface area contributed by atoms with Crippen molar-refractivity contribution in [3.8, 4) is 0 Å². The quantitative estimate of drug-likeness (QED) is 0.598. The molecule has 1 unspecified atom stereocenters. The molecule has 0 aliphatic carbocycles. The molecule has 1 N–H and O–H groups in total. The molecule has 0 aromatic heterocycles. The first-order valence-electron chi connectivity index (χ1n) is 4.07. The maximum atomic E-state index is 12.8. The average molecular weight is 369 g/mol. The van der Waals surface area contributed by atoms with E-state index in [4.69, 9.17) is 5.11 Å². The van der Waals surface area contributed by atoms with Gasteiger partial charge in [0, 0.05) is 29.6 Å². The molecule has 22 heavy (non-hydrogen) atoms. The SMILES string of the molecule is O=C(O)C(F)(OC(F)(F)C(F)(F)OC(F)(F)F)C(F)(F)F.[Na]. The summed E-state index contributed by atoms with van der Waals surface area (Å²) in [5, 5.41) is 7.77. The van der Waals surface area contributed by atoms with Crippen molar-refractivity contribution in [1.29, 1.82) is 0 Å². The molecule has 16 heteroatoms. The third-order valence-corrected chi connectivity index (χ3v) is 1.49. The van der Waals surface area contributed by atoms with Crippen LogP contribution < -0.4 is 0 Å². The van der Waals surface area contributed by atoms with E-state index in [1.54, 1.807) is 4.74 Å². The van der Waals surface area contributed by atoms with E-state index in [0.717, 1.165) is 0 Å². The van der Waals surface area contributed by atoms with Gasteiger partial charge >= 0.3 is 36.6 Å². The largest absolute Gasteiger partial charge is 0.527 e. The number of carbonyl (C=O) groups is 1. The van der Waals surface area contributed by atoms with Crippen LogP contribution in [-0.2, 0) is 14.3 Å². The standard InChI is InChI=1S/C6HF11O4.Na/c7-2(1(18)19,3(8,9)10)20-4(11,12)5(13,14)21-6(15,16)17;/h(H,18,19);. The minimum Gasteiger partial charge on any atom is -0.477 e. The fourth-order valence-corrected chi connectivity index (χ4v) is 0.664. The number of carboxylic acid groups (broad SMARTS) is 1. The molecular formula is C6HF11NaO4. The maximum Gasteiger partial charge on any atom is 0.527 e. The number of ether oxygens (including phenoxy) is 2. The smallest absolute Gasteiger partial charge is 0.477 e. The first-order chi connectivity index (χ1) is 8.86. The molecule has 0 heterocycles. The second-order valence-corrected chi connectivity index (χ2v) is 3.08. The van der Waals surface area contributed by atoms with Crippen molar-refractivity contribution >= 4 is 35.5 Å². The van der Waals surface area contributed by atoms with E-state index in [1.807, 2.05) is 0 Å². The van der Waals surface area contributed by atoms with Gasteiger partial charge in [0.05, 0.1) is 0 Å². The molecule has 0 spiro atoms. The summed E-state index contributed by atoms with van der Waals surface area (Å²) in [6.07, 6.45) is -27.1. The summed E-state index contributed by atoms with van der Waals surface area (Å²) >= 11 is 0. The predicted molar refractivity (Wildman–Crippen MR) is 41.4 cm³/mol. The molecule has 1 radical (unpaired) electrons. The van der Waals surface area contributed by atoms with Gasteiger partial charge in [0.25, 0.3) is 0 Å². The van der Waals surface area contributed by atoms with Crippen molar-refractivity contribution in [2.45, 2.75) is 30.6 Å². The van der Waals surface area contributed by atoms with E-state index >= 15 is 0 Å². The van der Waals surface area contributed by atoms with E-state index in [9.17, 15) is 53.1 Å². The molecule has 127 valence electrons. The van der Waals surface area contributed by atoms with Crippen LogP contribution in [0.15, 0.2) is 0 Å². The van der Waals surface area contributed by atoms with Crippen LogP contribution >= 0.6 is 0 Å². The Kier molecular flexibility index (Phi) is 7.19. The summed E-state index contributed by atoms with van der Waals surface area (Å²) in [4.78, 5) is 9.90. The molecule has 0 fully saturated rings. The summed E-state index contributed by atoms with van der Waals surface area (Å²) in [6, 6.07) is 0. The van der Waals surface area contributed by atoms with E-state index in [-0.39, 0.29) is 29.6 Å². The number of hydrogen-bond acceptors (Lipinski definition) is 3. The first kappa shape index (κ1) is 23.9. The monoisotopic (exact) mass is 369 g/mol. The van der Waals surface area contributed by atoms with E-state index in [2.05, 4.69) is 0 Å². The van der Waals surface area contributed by atoms with Crippen LogP contribution in [0.4, 0.5) is 48.3 Å². The van der Waals surface area contributed by atoms with Crippen molar-refractivity contribution in [2.24, 2.45) is 0 Å². The fraction of sp³-hybridized carbons (Fsp3) is 0.833. The van der Waals surface area contributed by atoms with Gasteiger partial charge in [-0.05, 0) is 0 Å². The van der Waals surface area contributed by atoms with Gasteiger partial charge < -0.3 is 5.11 Å². The molecular weight excluding hydrogens is 368 g/mol. The average Bonchev–Trinajstić information content (AvgIpc) is 2.09. The van der Waals surface area contributed by atoms with Crippen LogP contribution in [0, 0.1) is 0 Å².